The molecule has 0 aliphatic heterocycles. The number of anilines is 1. The summed E-state index contributed by atoms with van der Waals surface area (Å²) in [6.45, 7) is 5.02. The normalized spacial score (nSPS) is 11.0. The highest BCUT2D eigenvalue weighted by molar-refractivity contribution is 6.31. The van der Waals surface area contributed by atoms with Gasteiger partial charge < -0.3 is 19.3 Å². The Kier molecular flexibility index (Phi) is 5.28. The molecule has 7 heteroatoms. The SMILES string of the molecule is CCN(CC)c1c(C(=O)O)n(-c2cccc(OC)c2)c2cc(Cl)c(F)cc12. The minimum absolute atomic E-state index is 0.0589. The molecule has 142 valence electrons. The third-order valence-electron chi connectivity index (χ3n) is 4.58. The smallest absolute Gasteiger partial charge is 0.355 e. The molecule has 0 spiro atoms. The zero-order valence-corrected chi connectivity index (χ0v) is 16.0. The van der Waals surface area contributed by atoms with Gasteiger partial charge in [-0.25, -0.2) is 9.18 Å². The summed E-state index contributed by atoms with van der Waals surface area (Å²) in [5.41, 5.74) is 1.65. The van der Waals surface area contributed by atoms with Crippen LogP contribution in [0.25, 0.3) is 16.6 Å². The molecule has 0 saturated carbocycles. The molecular formula is C20H20ClFN2O3. The third kappa shape index (κ3) is 3.21. The number of rotatable bonds is 6. The van der Waals surface area contributed by atoms with Gasteiger partial charge in [0.15, 0.2) is 5.69 Å². The predicted octanol–water partition coefficient (Wildman–Crippen LogP) is 4.98. The van der Waals surface area contributed by atoms with Crippen molar-refractivity contribution in [3.8, 4) is 11.4 Å². The Bertz CT molecular complexity index is 1010. The van der Waals surface area contributed by atoms with Crippen molar-refractivity contribution in [1.82, 2.24) is 4.57 Å². The molecule has 0 unspecified atom stereocenters. The van der Waals surface area contributed by atoms with E-state index in [9.17, 15) is 14.3 Å². The maximum absolute atomic E-state index is 14.2. The molecule has 27 heavy (non-hydrogen) atoms. The summed E-state index contributed by atoms with van der Waals surface area (Å²) in [6.07, 6.45) is 0. The van der Waals surface area contributed by atoms with E-state index in [1.54, 1.807) is 35.9 Å². The number of aromatic nitrogens is 1. The van der Waals surface area contributed by atoms with Crippen LogP contribution in [0.5, 0.6) is 5.75 Å². The van der Waals surface area contributed by atoms with Gasteiger partial charge in [-0.3, -0.25) is 0 Å². The highest BCUT2D eigenvalue weighted by atomic mass is 35.5. The third-order valence-corrected chi connectivity index (χ3v) is 4.87. The Labute approximate surface area is 161 Å². The van der Waals surface area contributed by atoms with Gasteiger partial charge in [0.05, 0.1) is 29.0 Å². The second-order valence-electron chi connectivity index (χ2n) is 6.00. The van der Waals surface area contributed by atoms with Crippen LogP contribution in [-0.2, 0) is 0 Å². The highest BCUT2D eigenvalue weighted by Crippen LogP contribution is 2.39. The topological polar surface area (TPSA) is 54.7 Å². The van der Waals surface area contributed by atoms with Crippen LogP contribution < -0.4 is 9.64 Å². The predicted molar refractivity (Wildman–Crippen MR) is 105 cm³/mol. The van der Waals surface area contributed by atoms with Crippen molar-refractivity contribution in [1.29, 1.82) is 0 Å². The summed E-state index contributed by atoms with van der Waals surface area (Å²) in [5.74, 6) is -1.10. The average Bonchev–Trinajstić information content (AvgIpc) is 2.98. The van der Waals surface area contributed by atoms with Gasteiger partial charge in [0.25, 0.3) is 0 Å². The molecule has 0 radical (unpaired) electrons. The number of hydrogen-bond donors (Lipinski definition) is 1. The van der Waals surface area contributed by atoms with Crippen LogP contribution in [-0.4, -0.2) is 35.8 Å². The van der Waals surface area contributed by atoms with Crippen LogP contribution in [0.4, 0.5) is 10.1 Å². The van der Waals surface area contributed by atoms with Crippen LogP contribution in [0, 0.1) is 5.82 Å². The molecule has 3 rings (SSSR count). The Morgan fingerprint density at radius 3 is 2.56 bits per heavy atom. The maximum Gasteiger partial charge on any atom is 0.355 e. The fourth-order valence-electron chi connectivity index (χ4n) is 3.34. The summed E-state index contributed by atoms with van der Waals surface area (Å²) >= 11 is 6.02. The van der Waals surface area contributed by atoms with E-state index in [2.05, 4.69) is 0 Å². The summed E-state index contributed by atoms with van der Waals surface area (Å²) in [6, 6.07) is 9.81. The van der Waals surface area contributed by atoms with E-state index in [-0.39, 0.29) is 10.7 Å². The van der Waals surface area contributed by atoms with E-state index in [1.165, 1.54) is 12.1 Å². The molecule has 0 amide bonds. The number of carbonyl (C=O) groups is 1. The molecule has 5 nitrogen and oxygen atoms in total. The minimum Gasteiger partial charge on any atom is -0.497 e. The summed E-state index contributed by atoms with van der Waals surface area (Å²) in [4.78, 5) is 14.1. The van der Waals surface area contributed by atoms with E-state index in [4.69, 9.17) is 16.3 Å². The molecule has 0 bridgehead atoms. The first-order valence-electron chi connectivity index (χ1n) is 8.59. The van der Waals surface area contributed by atoms with Crippen molar-refractivity contribution in [3.05, 3.63) is 52.9 Å². The molecule has 1 heterocycles. The van der Waals surface area contributed by atoms with E-state index in [0.717, 1.165) is 0 Å². The number of ether oxygens (including phenoxy) is 1. The number of methoxy groups -OCH3 is 1. The van der Waals surface area contributed by atoms with Crippen molar-refractivity contribution < 1.29 is 19.0 Å². The van der Waals surface area contributed by atoms with Crippen molar-refractivity contribution in [2.24, 2.45) is 0 Å². The molecule has 0 aliphatic carbocycles. The summed E-state index contributed by atoms with van der Waals surface area (Å²) in [5, 5.41) is 10.4. The molecular weight excluding hydrogens is 371 g/mol. The first-order chi connectivity index (χ1) is 12.9. The second-order valence-corrected chi connectivity index (χ2v) is 6.40. The van der Waals surface area contributed by atoms with Crippen molar-refractivity contribution in [2.45, 2.75) is 13.8 Å². The average molecular weight is 391 g/mol. The summed E-state index contributed by atoms with van der Waals surface area (Å²) < 4.78 is 21.1. The van der Waals surface area contributed by atoms with Gasteiger partial charge in [-0.2, -0.15) is 0 Å². The van der Waals surface area contributed by atoms with Gasteiger partial charge >= 0.3 is 5.97 Å². The molecule has 0 aliphatic rings. The number of hydrogen-bond acceptors (Lipinski definition) is 3. The van der Waals surface area contributed by atoms with Crippen molar-refractivity contribution >= 4 is 34.2 Å². The highest BCUT2D eigenvalue weighted by Gasteiger charge is 2.27. The van der Waals surface area contributed by atoms with Crippen molar-refractivity contribution in [2.75, 3.05) is 25.1 Å². The number of aromatic carboxylic acids is 1. The number of fused-ring (bicyclic) bond motifs is 1. The Morgan fingerprint density at radius 2 is 1.96 bits per heavy atom. The van der Waals surface area contributed by atoms with E-state index < -0.39 is 11.8 Å². The summed E-state index contributed by atoms with van der Waals surface area (Å²) in [7, 11) is 1.54. The van der Waals surface area contributed by atoms with E-state index in [0.29, 0.717) is 41.1 Å². The van der Waals surface area contributed by atoms with Crippen LogP contribution >= 0.6 is 11.6 Å². The minimum atomic E-state index is -1.10. The fraction of sp³-hybridized carbons (Fsp3) is 0.250. The van der Waals surface area contributed by atoms with Gasteiger partial charge in [0.2, 0.25) is 0 Å². The lowest BCUT2D eigenvalue weighted by atomic mass is 10.2. The van der Waals surface area contributed by atoms with Gasteiger partial charge in [0, 0.05) is 24.5 Å². The van der Waals surface area contributed by atoms with Gasteiger partial charge in [0.1, 0.15) is 11.6 Å². The molecule has 0 atom stereocenters. The zero-order chi connectivity index (χ0) is 19.7. The lowest BCUT2D eigenvalue weighted by Crippen LogP contribution is -2.24. The second kappa shape index (κ2) is 7.48. The standard InChI is InChI=1S/C20H20ClFN2O3/c1-4-23(5-2)18-14-10-16(22)15(21)11-17(14)24(19(18)20(25)26)12-7-6-8-13(9-12)27-3/h6-11H,4-5H2,1-3H3,(H,25,26). The maximum atomic E-state index is 14.2. The van der Waals surface area contributed by atoms with Crippen molar-refractivity contribution in [3.63, 3.8) is 0 Å². The van der Waals surface area contributed by atoms with E-state index >= 15 is 0 Å². The largest absolute Gasteiger partial charge is 0.497 e. The van der Waals surface area contributed by atoms with Crippen LogP contribution in [0.15, 0.2) is 36.4 Å². The molecule has 3 aromatic rings. The van der Waals surface area contributed by atoms with Gasteiger partial charge in [-0.15, -0.1) is 0 Å². The Morgan fingerprint density at radius 1 is 1.26 bits per heavy atom. The number of carboxylic acids is 1. The van der Waals surface area contributed by atoms with Crippen LogP contribution in [0.1, 0.15) is 24.3 Å². The molecule has 1 N–H and O–H groups in total. The molecule has 0 fully saturated rings. The Balaban J connectivity index is 2.49. The number of benzene rings is 2. The Hall–Kier alpha value is -2.73. The lowest BCUT2D eigenvalue weighted by Gasteiger charge is -2.21. The van der Waals surface area contributed by atoms with Gasteiger partial charge in [-0.05, 0) is 38.1 Å². The first-order valence-corrected chi connectivity index (χ1v) is 8.96. The zero-order valence-electron chi connectivity index (χ0n) is 15.3. The first kappa shape index (κ1) is 19.0. The molecule has 1 aromatic heterocycles. The number of nitrogens with zero attached hydrogens (tertiary/aromatic N) is 2. The monoisotopic (exact) mass is 390 g/mol. The number of carboxylic acid groups (broad SMARTS) is 1. The fourth-order valence-corrected chi connectivity index (χ4v) is 3.50. The molecule has 0 saturated heterocycles. The number of halogens is 2. The molecule has 2 aromatic carbocycles. The van der Waals surface area contributed by atoms with E-state index in [1.807, 2.05) is 18.7 Å². The van der Waals surface area contributed by atoms with Crippen LogP contribution in [0.3, 0.4) is 0 Å². The lowest BCUT2D eigenvalue weighted by molar-refractivity contribution is 0.0689. The van der Waals surface area contributed by atoms with Crippen LogP contribution in [0.2, 0.25) is 5.02 Å². The quantitative estimate of drug-likeness (QED) is 0.645. The van der Waals surface area contributed by atoms with Gasteiger partial charge in [-0.1, -0.05) is 17.7 Å².